The molecule has 1 atom stereocenters. The second kappa shape index (κ2) is 23.2. The molecule has 1 unspecified atom stereocenters. The third-order valence-corrected chi connectivity index (χ3v) is 6.48. The van der Waals surface area contributed by atoms with Gasteiger partial charge >= 0.3 is 0 Å². The highest BCUT2D eigenvalue weighted by atomic mass is 16.3. The fourth-order valence-corrected chi connectivity index (χ4v) is 3.77. The summed E-state index contributed by atoms with van der Waals surface area (Å²) in [6, 6.07) is 0. The Morgan fingerprint density at radius 1 is 0.703 bits per heavy atom. The van der Waals surface area contributed by atoms with E-state index < -0.39 is 17.4 Å². The number of carbonyl (C=O) groups is 3. The van der Waals surface area contributed by atoms with Crippen LogP contribution in [0.15, 0.2) is 12.2 Å². The maximum Gasteiger partial charge on any atom is 0.249 e. The number of hydrogen-bond donors (Lipinski definition) is 5. The van der Waals surface area contributed by atoms with Crippen LogP contribution in [0.1, 0.15) is 117 Å². The Morgan fingerprint density at radius 2 is 1.19 bits per heavy atom. The maximum absolute atomic E-state index is 11.9. The van der Waals surface area contributed by atoms with Crippen molar-refractivity contribution < 1.29 is 24.6 Å². The molecule has 0 bridgehead atoms. The van der Waals surface area contributed by atoms with Crippen LogP contribution < -0.4 is 16.0 Å². The number of nitrogens with one attached hydrogen (secondary N) is 3. The number of allylic oxidation sites excluding steroid dienone is 2. The molecular weight excluding hydrogens is 470 g/mol. The second-order valence-corrected chi connectivity index (χ2v) is 10.6. The lowest BCUT2D eigenvalue weighted by Crippen LogP contribution is -2.46. The molecule has 3 amide bonds. The van der Waals surface area contributed by atoms with Crippen molar-refractivity contribution in [2.45, 2.75) is 123 Å². The van der Waals surface area contributed by atoms with Crippen molar-refractivity contribution in [2.75, 3.05) is 26.2 Å². The van der Waals surface area contributed by atoms with Crippen LogP contribution in [-0.2, 0) is 14.4 Å². The molecule has 0 saturated carbocycles. The third-order valence-electron chi connectivity index (χ3n) is 6.48. The van der Waals surface area contributed by atoms with Crippen molar-refractivity contribution in [3.05, 3.63) is 12.2 Å². The number of hydrogen-bond acceptors (Lipinski definition) is 5. The fourth-order valence-electron chi connectivity index (χ4n) is 3.77. The van der Waals surface area contributed by atoms with Gasteiger partial charge in [-0.15, -0.1) is 0 Å². The van der Waals surface area contributed by atoms with Gasteiger partial charge in [0.1, 0.15) is 6.10 Å². The van der Waals surface area contributed by atoms with Crippen molar-refractivity contribution in [2.24, 2.45) is 5.41 Å². The summed E-state index contributed by atoms with van der Waals surface area (Å²) in [4.78, 5) is 35.6. The second-order valence-electron chi connectivity index (χ2n) is 10.6. The molecule has 0 spiro atoms. The Hall–Kier alpha value is -1.93. The van der Waals surface area contributed by atoms with Gasteiger partial charge in [-0.3, -0.25) is 14.4 Å². The van der Waals surface area contributed by atoms with Gasteiger partial charge in [-0.25, -0.2) is 0 Å². The van der Waals surface area contributed by atoms with Crippen LogP contribution in [0.3, 0.4) is 0 Å². The van der Waals surface area contributed by atoms with Crippen molar-refractivity contribution in [3.8, 4) is 0 Å². The predicted molar refractivity (Wildman–Crippen MR) is 150 cm³/mol. The molecule has 0 heterocycles. The van der Waals surface area contributed by atoms with Crippen LogP contribution in [0.4, 0.5) is 0 Å². The fraction of sp³-hybridized carbons (Fsp3) is 0.828. The smallest absolute Gasteiger partial charge is 0.249 e. The average Bonchev–Trinajstić information content (AvgIpc) is 2.88. The number of aliphatic hydroxyl groups is 2. The molecule has 0 aliphatic carbocycles. The number of unbranched alkanes of at least 4 members (excludes halogenated alkanes) is 11. The first-order valence-corrected chi connectivity index (χ1v) is 14.5. The van der Waals surface area contributed by atoms with E-state index in [1.165, 1.54) is 57.8 Å². The van der Waals surface area contributed by atoms with Gasteiger partial charge in [-0.05, 0) is 32.1 Å². The summed E-state index contributed by atoms with van der Waals surface area (Å²) >= 11 is 0. The Balaban J connectivity index is 3.54. The summed E-state index contributed by atoms with van der Waals surface area (Å²) in [5, 5.41) is 27.1. The number of carbonyl (C=O) groups excluding carboxylic acids is 3. The highest BCUT2D eigenvalue weighted by Crippen LogP contribution is 2.19. The molecule has 0 aromatic carbocycles. The minimum absolute atomic E-state index is 0.000347. The van der Waals surface area contributed by atoms with E-state index in [0.29, 0.717) is 19.5 Å². The average molecular weight is 526 g/mol. The molecule has 0 aliphatic rings. The molecule has 0 aromatic heterocycles. The van der Waals surface area contributed by atoms with Crippen LogP contribution in [0.25, 0.3) is 0 Å². The quantitative estimate of drug-likeness (QED) is 0.0956. The zero-order chi connectivity index (χ0) is 27.8. The Labute approximate surface area is 225 Å². The molecule has 216 valence electrons. The molecule has 0 radical (unpaired) electrons. The molecule has 37 heavy (non-hydrogen) atoms. The van der Waals surface area contributed by atoms with Gasteiger partial charge in [0.2, 0.25) is 17.7 Å². The van der Waals surface area contributed by atoms with Gasteiger partial charge in [-0.1, -0.05) is 84.3 Å². The van der Waals surface area contributed by atoms with E-state index in [0.717, 1.165) is 25.7 Å². The molecule has 5 N–H and O–H groups in total. The summed E-state index contributed by atoms with van der Waals surface area (Å²) in [5.74, 6) is -0.864. The molecule has 0 aromatic rings. The minimum Gasteiger partial charge on any atom is -0.396 e. The Morgan fingerprint density at radius 3 is 1.73 bits per heavy atom. The summed E-state index contributed by atoms with van der Waals surface area (Å²) in [6.45, 7) is 5.86. The Bertz CT molecular complexity index is 637. The normalized spacial score (nSPS) is 12.5. The number of aliphatic hydroxyl groups excluding tert-OH is 2. The highest BCUT2D eigenvalue weighted by Gasteiger charge is 2.32. The lowest BCUT2D eigenvalue weighted by molar-refractivity contribution is -0.137. The molecule has 0 rings (SSSR count). The monoisotopic (exact) mass is 525 g/mol. The standard InChI is InChI=1S/C29H55N3O5/c1-4-5-6-7-8-9-10-11-12-13-14-15-16-17-18-19-25(34)30-22-23-31-26(35)20-21-32-28(37)27(36)29(2,3)24-33/h11-12,27,33,36H,4-10,13-24H2,1-3H3,(H,30,34)(H,31,35)(H,32,37). The summed E-state index contributed by atoms with van der Waals surface area (Å²) in [5.41, 5.74) is -0.950. The van der Waals surface area contributed by atoms with Gasteiger partial charge in [-0.2, -0.15) is 0 Å². The summed E-state index contributed by atoms with van der Waals surface area (Å²) < 4.78 is 0. The Kier molecular flexibility index (Phi) is 22.0. The van der Waals surface area contributed by atoms with Crippen molar-refractivity contribution in [3.63, 3.8) is 0 Å². The largest absolute Gasteiger partial charge is 0.396 e. The van der Waals surface area contributed by atoms with Gasteiger partial charge in [0.15, 0.2) is 0 Å². The SMILES string of the molecule is CCCCCCCCC=CCCCCCCCC(=O)NCCNC(=O)CCNC(=O)C(O)C(C)(C)CO. The van der Waals surface area contributed by atoms with E-state index in [-0.39, 0.29) is 31.4 Å². The first-order chi connectivity index (χ1) is 17.7. The zero-order valence-corrected chi connectivity index (χ0v) is 23.8. The lowest BCUT2D eigenvalue weighted by Gasteiger charge is -2.27. The van der Waals surface area contributed by atoms with Crippen LogP contribution in [0, 0.1) is 5.41 Å². The van der Waals surface area contributed by atoms with Gasteiger partial charge in [0.05, 0.1) is 6.61 Å². The third kappa shape index (κ3) is 20.8. The predicted octanol–water partition coefficient (Wildman–Crippen LogP) is 4.14. The molecule has 8 heteroatoms. The first-order valence-electron chi connectivity index (χ1n) is 14.5. The lowest BCUT2D eigenvalue weighted by atomic mass is 9.87. The summed E-state index contributed by atoms with van der Waals surface area (Å²) in [7, 11) is 0. The van der Waals surface area contributed by atoms with E-state index in [2.05, 4.69) is 35.0 Å². The van der Waals surface area contributed by atoms with E-state index in [1.54, 1.807) is 13.8 Å². The van der Waals surface area contributed by atoms with Crippen molar-refractivity contribution in [1.29, 1.82) is 0 Å². The van der Waals surface area contributed by atoms with Gasteiger partial charge in [0, 0.05) is 37.9 Å². The van der Waals surface area contributed by atoms with E-state index >= 15 is 0 Å². The van der Waals surface area contributed by atoms with Crippen LogP contribution >= 0.6 is 0 Å². The highest BCUT2D eigenvalue weighted by molar-refractivity contribution is 5.82. The van der Waals surface area contributed by atoms with Crippen molar-refractivity contribution >= 4 is 17.7 Å². The van der Waals surface area contributed by atoms with Crippen LogP contribution in [0.5, 0.6) is 0 Å². The van der Waals surface area contributed by atoms with Gasteiger partial charge < -0.3 is 26.2 Å². The minimum atomic E-state index is -1.35. The van der Waals surface area contributed by atoms with Gasteiger partial charge in [0.25, 0.3) is 0 Å². The topological polar surface area (TPSA) is 128 Å². The summed E-state index contributed by atoms with van der Waals surface area (Å²) in [6.07, 6.45) is 19.8. The molecular formula is C29H55N3O5. The number of amides is 3. The zero-order valence-electron chi connectivity index (χ0n) is 23.8. The van der Waals surface area contributed by atoms with Crippen LogP contribution in [0.2, 0.25) is 0 Å². The molecule has 0 saturated heterocycles. The van der Waals surface area contributed by atoms with E-state index in [9.17, 15) is 24.6 Å². The molecule has 0 fully saturated rings. The van der Waals surface area contributed by atoms with Crippen LogP contribution in [-0.4, -0.2) is 60.3 Å². The first kappa shape index (κ1) is 35.1. The van der Waals surface area contributed by atoms with E-state index in [4.69, 9.17) is 0 Å². The molecule has 8 nitrogen and oxygen atoms in total. The van der Waals surface area contributed by atoms with E-state index in [1.807, 2.05) is 0 Å². The molecule has 0 aliphatic heterocycles. The number of rotatable bonds is 24. The maximum atomic E-state index is 11.9. The van der Waals surface area contributed by atoms with Crippen molar-refractivity contribution in [1.82, 2.24) is 16.0 Å².